The summed E-state index contributed by atoms with van der Waals surface area (Å²) in [7, 11) is 0. The van der Waals surface area contributed by atoms with Crippen molar-refractivity contribution in [3.8, 4) is 5.75 Å². The van der Waals surface area contributed by atoms with E-state index in [9.17, 15) is 5.11 Å². The van der Waals surface area contributed by atoms with Crippen molar-refractivity contribution < 1.29 is 9.94 Å². The molecule has 3 fully saturated rings. The van der Waals surface area contributed by atoms with Gasteiger partial charge in [-0.25, -0.2) is 0 Å². The molecule has 0 aromatic heterocycles. The molecule has 3 heteroatoms. The predicted octanol–water partition coefficient (Wildman–Crippen LogP) is 5.36. The molecule has 0 unspecified atom stereocenters. The molecule has 0 amide bonds. The van der Waals surface area contributed by atoms with Crippen molar-refractivity contribution in [1.29, 1.82) is 0 Å². The Bertz CT molecular complexity index is 755. The Labute approximate surface area is 162 Å². The summed E-state index contributed by atoms with van der Waals surface area (Å²) < 4.78 is 0. The van der Waals surface area contributed by atoms with E-state index in [1.165, 1.54) is 38.5 Å². The van der Waals surface area contributed by atoms with Crippen molar-refractivity contribution in [2.75, 3.05) is 0 Å². The van der Waals surface area contributed by atoms with E-state index in [4.69, 9.17) is 4.84 Å². The number of oxime groups is 1. The molecule has 144 valence electrons. The molecule has 6 atom stereocenters. The summed E-state index contributed by atoms with van der Waals surface area (Å²) in [5.41, 5.74) is 2.90. The Balaban J connectivity index is 1.32. The van der Waals surface area contributed by atoms with Gasteiger partial charge in [-0.15, -0.1) is 0 Å². The first kappa shape index (κ1) is 17.5. The van der Waals surface area contributed by atoms with Gasteiger partial charge in [-0.2, -0.15) is 0 Å². The molecule has 4 aliphatic carbocycles. The minimum Gasteiger partial charge on any atom is -0.393 e. The molecule has 3 saturated carbocycles. The molecular weight excluding hydrogens is 334 g/mol. The topological polar surface area (TPSA) is 41.8 Å². The van der Waals surface area contributed by atoms with E-state index in [1.54, 1.807) is 5.57 Å². The van der Waals surface area contributed by atoms with Crippen molar-refractivity contribution >= 4 is 5.71 Å². The summed E-state index contributed by atoms with van der Waals surface area (Å²) >= 11 is 0. The molecule has 1 aromatic rings. The molecule has 0 spiro atoms. The van der Waals surface area contributed by atoms with Crippen LogP contribution in [0.5, 0.6) is 5.75 Å². The first-order chi connectivity index (χ1) is 13.1. The number of hydrogen-bond acceptors (Lipinski definition) is 3. The standard InChI is InChI=1S/C24H31NO2/c1-24-14-13-20-19-10-8-17(25-27-18-5-3-2-4-6-18)15-16(19)7-9-21(20)22(24)11-12-23(24)26/h2-6,15,19-23,26H,7-14H2,1H3/b25-17-/t19-,20+,21+,22-,23-,24-/m0/s1. The fourth-order valence-electron chi connectivity index (χ4n) is 6.83. The first-order valence-electron chi connectivity index (χ1n) is 10.8. The highest BCUT2D eigenvalue weighted by Gasteiger charge is 2.55. The average Bonchev–Trinajstić information content (AvgIpc) is 3.01. The van der Waals surface area contributed by atoms with Crippen LogP contribution >= 0.6 is 0 Å². The fraction of sp³-hybridized carbons (Fsp3) is 0.625. The van der Waals surface area contributed by atoms with Gasteiger partial charge in [0, 0.05) is 0 Å². The zero-order chi connectivity index (χ0) is 18.4. The molecular formula is C24H31NO2. The molecule has 1 aromatic carbocycles. The molecule has 0 heterocycles. The van der Waals surface area contributed by atoms with Crippen LogP contribution in [0.25, 0.3) is 0 Å². The Morgan fingerprint density at radius 2 is 1.85 bits per heavy atom. The lowest BCUT2D eigenvalue weighted by Crippen LogP contribution is -2.47. The van der Waals surface area contributed by atoms with Crippen LogP contribution < -0.4 is 4.84 Å². The molecule has 4 aliphatic rings. The zero-order valence-corrected chi connectivity index (χ0v) is 16.3. The van der Waals surface area contributed by atoms with E-state index in [0.717, 1.165) is 48.0 Å². The molecule has 3 nitrogen and oxygen atoms in total. The van der Waals surface area contributed by atoms with Gasteiger partial charge in [-0.05, 0) is 98.7 Å². The number of nitrogens with zero attached hydrogens (tertiary/aromatic N) is 1. The Kier molecular flexibility index (Phi) is 4.39. The number of aliphatic hydroxyl groups is 1. The van der Waals surface area contributed by atoms with E-state index >= 15 is 0 Å². The molecule has 5 rings (SSSR count). The lowest BCUT2D eigenvalue weighted by molar-refractivity contribution is -0.0526. The summed E-state index contributed by atoms with van der Waals surface area (Å²) in [5.74, 6) is 3.93. The maximum Gasteiger partial charge on any atom is 0.157 e. The van der Waals surface area contributed by atoms with Crippen LogP contribution in [0.15, 0.2) is 47.1 Å². The van der Waals surface area contributed by atoms with Crippen LogP contribution in [-0.2, 0) is 0 Å². The first-order valence-corrected chi connectivity index (χ1v) is 10.8. The highest BCUT2D eigenvalue weighted by Crippen LogP contribution is 2.61. The third-order valence-corrected chi connectivity index (χ3v) is 8.28. The number of allylic oxidation sites excluding steroid dienone is 2. The Morgan fingerprint density at radius 1 is 1.00 bits per heavy atom. The molecule has 0 aliphatic heterocycles. The number of rotatable bonds is 2. The van der Waals surface area contributed by atoms with Crippen molar-refractivity contribution in [3.63, 3.8) is 0 Å². The molecule has 0 saturated heterocycles. The molecule has 0 bridgehead atoms. The van der Waals surface area contributed by atoms with Crippen LogP contribution in [0.2, 0.25) is 0 Å². The van der Waals surface area contributed by atoms with E-state index < -0.39 is 0 Å². The predicted molar refractivity (Wildman–Crippen MR) is 108 cm³/mol. The van der Waals surface area contributed by atoms with Gasteiger partial charge in [0.2, 0.25) is 0 Å². The quantitative estimate of drug-likeness (QED) is 0.717. The monoisotopic (exact) mass is 365 g/mol. The van der Waals surface area contributed by atoms with Gasteiger partial charge in [0.25, 0.3) is 0 Å². The van der Waals surface area contributed by atoms with Crippen LogP contribution in [0.1, 0.15) is 58.3 Å². The van der Waals surface area contributed by atoms with Gasteiger partial charge < -0.3 is 9.94 Å². The minimum atomic E-state index is -0.0689. The summed E-state index contributed by atoms with van der Waals surface area (Å²) in [6.45, 7) is 2.36. The van der Waals surface area contributed by atoms with Gasteiger partial charge in [-0.3, -0.25) is 0 Å². The van der Waals surface area contributed by atoms with Crippen molar-refractivity contribution in [1.82, 2.24) is 0 Å². The summed E-state index contributed by atoms with van der Waals surface area (Å²) in [6.07, 6.45) is 11.8. The van der Waals surface area contributed by atoms with Gasteiger partial charge in [0.15, 0.2) is 5.75 Å². The maximum atomic E-state index is 10.6. The second-order valence-corrected chi connectivity index (χ2v) is 9.46. The fourth-order valence-corrected chi connectivity index (χ4v) is 6.83. The van der Waals surface area contributed by atoms with Gasteiger partial charge >= 0.3 is 0 Å². The zero-order valence-electron chi connectivity index (χ0n) is 16.3. The number of hydrogen-bond donors (Lipinski definition) is 1. The lowest BCUT2D eigenvalue weighted by Gasteiger charge is -2.53. The minimum absolute atomic E-state index is 0.0689. The third kappa shape index (κ3) is 2.95. The smallest absolute Gasteiger partial charge is 0.157 e. The average molecular weight is 366 g/mol. The second kappa shape index (κ2) is 6.77. The normalized spacial score (nSPS) is 42.1. The van der Waals surface area contributed by atoms with Crippen LogP contribution in [0, 0.1) is 29.1 Å². The summed E-state index contributed by atoms with van der Waals surface area (Å²) in [6, 6.07) is 9.84. The largest absolute Gasteiger partial charge is 0.393 e. The molecule has 1 N–H and O–H groups in total. The number of benzene rings is 1. The van der Waals surface area contributed by atoms with Crippen molar-refractivity contribution in [2.24, 2.45) is 34.2 Å². The van der Waals surface area contributed by atoms with E-state index in [1.807, 2.05) is 30.3 Å². The summed E-state index contributed by atoms with van der Waals surface area (Å²) in [5, 5.41) is 15.0. The van der Waals surface area contributed by atoms with Gasteiger partial charge in [-0.1, -0.05) is 35.9 Å². The van der Waals surface area contributed by atoms with E-state index in [-0.39, 0.29) is 11.5 Å². The number of aliphatic hydroxyl groups excluding tert-OH is 1. The third-order valence-electron chi connectivity index (χ3n) is 8.28. The second-order valence-electron chi connectivity index (χ2n) is 9.46. The SMILES string of the molecule is C[C@]12CC[C@H]3[C@@H](CCC4=C/C(=N\Oc5ccccc5)CC[C@@H]43)[C@@H]1CC[C@@H]2O. The van der Waals surface area contributed by atoms with E-state index in [2.05, 4.69) is 18.2 Å². The van der Waals surface area contributed by atoms with Crippen molar-refractivity contribution in [2.45, 2.75) is 64.4 Å². The van der Waals surface area contributed by atoms with Gasteiger partial charge in [0.1, 0.15) is 0 Å². The summed E-state index contributed by atoms with van der Waals surface area (Å²) in [4.78, 5) is 5.63. The Morgan fingerprint density at radius 3 is 2.70 bits per heavy atom. The number of para-hydroxylation sites is 1. The van der Waals surface area contributed by atoms with Gasteiger partial charge in [0.05, 0.1) is 11.8 Å². The number of fused-ring (bicyclic) bond motifs is 5. The highest BCUT2D eigenvalue weighted by molar-refractivity contribution is 5.96. The molecule has 27 heavy (non-hydrogen) atoms. The van der Waals surface area contributed by atoms with Crippen LogP contribution in [0.4, 0.5) is 0 Å². The van der Waals surface area contributed by atoms with E-state index in [0.29, 0.717) is 0 Å². The maximum absolute atomic E-state index is 10.6. The highest BCUT2D eigenvalue weighted by atomic mass is 16.6. The van der Waals surface area contributed by atoms with Crippen molar-refractivity contribution in [3.05, 3.63) is 42.0 Å². The molecule has 0 radical (unpaired) electrons. The van der Waals surface area contributed by atoms with Crippen LogP contribution in [-0.4, -0.2) is 16.9 Å². The Hall–Kier alpha value is -1.61. The van der Waals surface area contributed by atoms with Crippen LogP contribution in [0.3, 0.4) is 0 Å². The lowest BCUT2D eigenvalue weighted by atomic mass is 9.52.